The van der Waals surface area contributed by atoms with Gasteiger partial charge in [-0.15, -0.1) is 23.5 Å². The van der Waals surface area contributed by atoms with E-state index in [9.17, 15) is 4.79 Å². The fourth-order valence-electron chi connectivity index (χ4n) is 2.44. The first-order valence-electron chi connectivity index (χ1n) is 7.98. The molecule has 4 heteroatoms. The maximum Gasteiger partial charge on any atom is 0.242 e. The summed E-state index contributed by atoms with van der Waals surface area (Å²) in [5, 5.41) is 2.76. The highest BCUT2D eigenvalue weighted by atomic mass is 32.2. The van der Waals surface area contributed by atoms with Crippen molar-refractivity contribution in [3.8, 4) is 0 Å². The molecular weight excluding hydrogens is 346 g/mol. The zero-order valence-corrected chi connectivity index (χ0v) is 15.5. The van der Waals surface area contributed by atoms with Crippen LogP contribution in [0.25, 0.3) is 0 Å². The van der Waals surface area contributed by atoms with Crippen molar-refractivity contribution in [1.82, 2.24) is 0 Å². The molecule has 0 fully saturated rings. The fraction of sp³-hybridized carbons (Fsp3) is 0.0952. The number of hydrogen-bond acceptors (Lipinski definition) is 3. The van der Waals surface area contributed by atoms with Crippen LogP contribution in [-0.2, 0) is 4.79 Å². The summed E-state index contributed by atoms with van der Waals surface area (Å²) in [4.78, 5) is 15.2. The average Bonchev–Trinajstić information content (AvgIpc) is 2.67. The van der Waals surface area contributed by atoms with Gasteiger partial charge >= 0.3 is 0 Å². The Morgan fingerprint density at radius 2 is 1.48 bits per heavy atom. The maximum absolute atomic E-state index is 13.0. The van der Waals surface area contributed by atoms with Crippen LogP contribution in [0.15, 0.2) is 94.7 Å². The van der Waals surface area contributed by atoms with E-state index in [4.69, 9.17) is 0 Å². The molecule has 0 aromatic heterocycles. The van der Waals surface area contributed by atoms with E-state index in [1.54, 1.807) is 23.5 Å². The van der Waals surface area contributed by atoms with E-state index in [0.29, 0.717) is 0 Å². The molecule has 25 heavy (non-hydrogen) atoms. The van der Waals surface area contributed by atoms with Gasteiger partial charge in [-0.25, -0.2) is 0 Å². The second kappa shape index (κ2) is 8.79. The Kier molecular flexibility index (Phi) is 6.20. The molecule has 0 aliphatic rings. The lowest BCUT2D eigenvalue weighted by molar-refractivity contribution is -0.115. The Morgan fingerprint density at radius 1 is 0.840 bits per heavy atom. The predicted molar refractivity (Wildman–Crippen MR) is 108 cm³/mol. The number of carbonyl (C=O) groups is 1. The minimum atomic E-state index is -0.304. The van der Waals surface area contributed by atoms with E-state index < -0.39 is 0 Å². The Hall–Kier alpha value is -2.17. The summed E-state index contributed by atoms with van der Waals surface area (Å²) in [7, 11) is 0. The molecule has 0 saturated heterocycles. The van der Waals surface area contributed by atoms with Gasteiger partial charge in [-0.3, -0.25) is 4.79 Å². The third-order valence-electron chi connectivity index (χ3n) is 3.67. The lowest BCUT2D eigenvalue weighted by atomic mass is 10.1. The smallest absolute Gasteiger partial charge is 0.242 e. The highest BCUT2D eigenvalue weighted by Crippen LogP contribution is 2.36. The van der Waals surface area contributed by atoms with Gasteiger partial charge in [0.25, 0.3) is 0 Å². The molecule has 0 spiro atoms. The van der Waals surface area contributed by atoms with Crippen LogP contribution >= 0.6 is 23.5 Å². The van der Waals surface area contributed by atoms with E-state index >= 15 is 0 Å². The van der Waals surface area contributed by atoms with Crippen LogP contribution < -0.4 is 5.32 Å². The van der Waals surface area contributed by atoms with Gasteiger partial charge in [-0.05, 0) is 42.2 Å². The van der Waals surface area contributed by atoms with E-state index in [0.717, 1.165) is 21.0 Å². The number of thioether (sulfide) groups is 2. The van der Waals surface area contributed by atoms with Crippen LogP contribution in [0, 0.1) is 0 Å². The summed E-state index contributed by atoms with van der Waals surface area (Å²) in [6.07, 6.45) is 2.03. The second-order valence-electron chi connectivity index (χ2n) is 5.44. The van der Waals surface area contributed by atoms with Crippen LogP contribution in [-0.4, -0.2) is 12.2 Å². The number of hydrogen-bond donors (Lipinski definition) is 1. The van der Waals surface area contributed by atoms with Crippen molar-refractivity contribution in [3.63, 3.8) is 0 Å². The number of nitrogens with one attached hydrogen (secondary N) is 1. The molecule has 0 bridgehead atoms. The van der Waals surface area contributed by atoms with Gasteiger partial charge in [-0.2, -0.15) is 0 Å². The quantitative estimate of drug-likeness (QED) is 0.553. The summed E-state index contributed by atoms with van der Waals surface area (Å²) in [5.74, 6) is -0.0155. The third kappa shape index (κ3) is 4.91. The van der Waals surface area contributed by atoms with Gasteiger partial charge in [0.05, 0.1) is 0 Å². The largest absolute Gasteiger partial charge is 0.325 e. The van der Waals surface area contributed by atoms with Crippen molar-refractivity contribution in [2.24, 2.45) is 0 Å². The third-order valence-corrected chi connectivity index (χ3v) is 5.67. The van der Waals surface area contributed by atoms with Crippen LogP contribution in [0.3, 0.4) is 0 Å². The van der Waals surface area contributed by atoms with Gasteiger partial charge in [0.15, 0.2) is 0 Å². The summed E-state index contributed by atoms with van der Waals surface area (Å²) >= 11 is 3.22. The zero-order valence-electron chi connectivity index (χ0n) is 13.9. The molecule has 0 heterocycles. The Bertz CT molecular complexity index is 822. The first-order chi connectivity index (χ1) is 12.3. The number of benzene rings is 3. The van der Waals surface area contributed by atoms with Gasteiger partial charge in [0, 0.05) is 15.5 Å². The normalized spacial score (nSPS) is 11.7. The monoisotopic (exact) mass is 365 g/mol. The molecule has 126 valence electrons. The van der Waals surface area contributed by atoms with Crippen LogP contribution in [0.2, 0.25) is 0 Å². The lowest BCUT2D eigenvalue weighted by Crippen LogP contribution is -2.19. The first-order valence-corrected chi connectivity index (χ1v) is 10.1. The fourth-order valence-corrected chi connectivity index (χ4v) is 3.95. The molecule has 1 unspecified atom stereocenters. The number of amides is 1. The molecule has 0 aliphatic heterocycles. The van der Waals surface area contributed by atoms with E-state index in [-0.39, 0.29) is 11.2 Å². The SMILES string of the molecule is CSc1cccc(NC(=O)C(Sc2ccccc2)c2ccccc2)c1. The van der Waals surface area contributed by atoms with Crippen LogP contribution in [0.4, 0.5) is 5.69 Å². The summed E-state index contributed by atoms with van der Waals surface area (Å²) in [6, 6.07) is 27.8. The van der Waals surface area contributed by atoms with Gasteiger partial charge < -0.3 is 5.32 Å². The summed E-state index contributed by atoms with van der Waals surface area (Å²) in [6.45, 7) is 0. The average molecular weight is 366 g/mol. The number of anilines is 1. The Balaban J connectivity index is 1.84. The molecule has 3 aromatic carbocycles. The van der Waals surface area contributed by atoms with Gasteiger partial charge in [0.2, 0.25) is 5.91 Å². The summed E-state index contributed by atoms with van der Waals surface area (Å²) in [5.41, 5.74) is 1.82. The molecular formula is C21H19NOS2. The maximum atomic E-state index is 13.0. The van der Waals surface area contributed by atoms with Crippen molar-refractivity contribution in [3.05, 3.63) is 90.5 Å². The van der Waals surface area contributed by atoms with Crippen LogP contribution in [0.5, 0.6) is 0 Å². The van der Waals surface area contributed by atoms with Crippen molar-refractivity contribution in [2.75, 3.05) is 11.6 Å². The molecule has 0 aliphatic carbocycles. The Morgan fingerprint density at radius 3 is 2.16 bits per heavy atom. The summed E-state index contributed by atoms with van der Waals surface area (Å²) < 4.78 is 0. The Labute approximate surface area is 157 Å². The van der Waals surface area contributed by atoms with Crippen molar-refractivity contribution >= 4 is 35.1 Å². The van der Waals surface area contributed by atoms with E-state index in [2.05, 4.69) is 5.32 Å². The molecule has 2 nitrogen and oxygen atoms in total. The first kappa shape index (κ1) is 17.6. The van der Waals surface area contributed by atoms with Crippen LogP contribution in [0.1, 0.15) is 10.8 Å². The van der Waals surface area contributed by atoms with Crippen molar-refractivity contribution in [2.45, 2.75) is 15.0 Å². The molecule has 1 atom stereocenters. The molecule has 1 N–H and O–H groups in total. The molecule has 3 rings (SSSR count). The molecule has 3 aromatic rings. The molecule has 1 amide bonds. The van der Waals surface area contributed by atoms with E-state index in [1.807, 2.05) is 91.2 Å². The standard InChI is InChI=1S/C21H19NOS2/c1-24-19-14-8-11-17(15-19)22-21(23)20(16-9-4-2-5-10-16)25-18-12-6-3-7-13-18/h2-15,20H,1H3,(H,22,23). The van der Waals surface area contributed by atoms with Gasteiger partial charge in [0.1, 0.15) is 5.25 Å². The molecule has 0 saturated carbocycles. The van der Waals surface area contributed by atoms with E-state index in [1.165, 1.54) is 0 Å². The lowest BCUT2D eigenvalue weighted by Gasteiger charge is -2.17. The minimum absolute atomic E-state index is 0.0155. The topological polar surface area (TPSA) is 29.1 Å². The molecule has 0 radical (unpaired) electrons. The second-order valence-corrected chi connectivity index (χ2v) is 7.50. The highest BCUT2D eigenvalue weighted by molar-refractivity contribution is 8.00. The number of rotatable bonds is 6. The highest BCUT2D eigenvalue weighted by Gasteiger charge is 2.22. The number of carbonyl (C=O) groups excluding carboxylic acids is 1. The van der Waals surface area contributed by atoms with Gasteiger partial charge in [-0.1, -0.05) is 54.6 Å². The minimum Gasteiger partial charge on any atom is -0.325 e. The van der Waals surface area contributed by atoms with Crippen molar-refractivity contribution in [1.29, 1.82) is 0 Å². The van der Waals surface area contributed by atoms with Crippen molar-refractivity contribution < 1.29 is 4.79 Å². The predicted octanol–water partition coefficient (Wildman–Crippen LogP) is 5.88. The zero-order chi connectivity index (χ0) is 17.5.